The number of carbonyl (C=O) groups is 1. The number of hydrogen-bond acceptors (Lipinski definition) is 2. The fraction of sp³-hybridized carbons (Fsp3) is 0.231. The molecule has 0 aromatic carbocycles. The molecular weight excluding hydrogens is 214 g/mol. The van der Waals surface area contributed by atoms with Gasteiger partial charge < -0.3 is 10.3 Å². The molecule has 0 atom stereocenters. The van der Waals surface area contributed by atoms with E-state index in [1.54, 1.807) is 12.4 Å². The number of nitrogens with one attached hydrogen (secondary N) is 2. The molecule has 0 saturated carbocycles. The minimum atomic E-state index is -0.0595. The fourth-order valence-corrected chi connectivity index (χ4v) is 1.74. The third-order valence-electron chi connectivity index (χ3n) is 2.57. The maximum absolute atomic E-state index is 11.9. The van der Waals surface area contributed by atoms with E-state index in [-0.39, 0.29) is 5.91 Å². The summed E-state index contributed by atoms with van der Waals surface area (Å²) in [5.74, 6) is -0.0595. The van der Waals surface area contributed by atoms with Gasteiger partial charge in [0.15, 0.2) is 0 Å². The normalized spacial score (nSPS) is 10.2. The molecule has 0 unspecified atom stereocenters. The Morgan fingerprint density at radius 2 is 2.29 bits per heavy atom. The van der Waals surface area contributed by atoms with E-state index in [1.165, 1.54) is 0 Å². The predicted octanol–water partition coefficient (Wildman–Crippen LogP) is 1.96. The topological polar surface area (TPSA) is 57.8 Å². The number of carbonyl (C=O) groups excluding carboxylic acids is 1. The maximum atomic E-state index is 11.9. The highest BCUT2D eigenvalue weighted by molar-refractivity contribution is 5.95. The van der Waals surface area contributed by atoms with Crippen LogP contribution in [0.5, 0.6) is 0 Å². The summed E-state index contributed by atoms with van der Waals surface area (Å²) in [6, 6.07) is 5.64. The molecule has 0 saturated heterocycles. The van der Waals surface area contributed by atoms with Crippen molar-refractivity contribution < 1.29 is 4.79 Å². The van der Waals surface area contributed by atoms with Crippen LogP contribution >= 0.6 is 0 Å². The van der Waals surface area contributed by atoms with Crippen molar-refractivity contribution in [1.29, 1.82) is 0 Å². The van der Waals surface area contributed by atoms with Gasteiger partial charge in [0.2, 0.25) is 0 Å². The average molecular weight is 229 g/mol. The predicted molar refractivity (Wildman–Crippen MR) is 65.7 cm³/mol. The molecule has 0 aliphatic rings. The molecule has 2 aromatic heterocycles. The van der Waals surface area contributed by atoms with Gasteiger partial charge in [0, 0.05) is 30.3 Å². The Morgan fingerprint density at radius 3 is 2.88 bits per heavy atom. The number of amides is 1. The van der Waals surface area contributed by atoms with Gasteiger partial charge in [-0.25, -0.2) is 0 Å². The molecule has 0 aliphatic heterocycles. The molecule has 88 valence electrons. The van der Waals surface area contributed by atoms with Crippen molar-refractivity contribution in [2.24, 2.45) is 0 Å². The zero-order valence-corrected chi connectivity index (χ0v) is 9.95. The lowest BCUT2D eigenvalue weighted by molar-refractivity contribution is 0.0950. The number of aromatic amines is 1. The lowest BCUT2D eigenvalue weighted by Gasteiger charge is -2.04. The van der Waals surface area contributed by atoms with Crippen molar-refractivity contribution in [3.63, 3.8) is 0 Å². The standard InChI is InChI=1S/C13H15N3O/c1-9-6-12(10(2)16-9)13(17)15-8-11-4-3-5-14-7-11/h3-7,16H,8H2,1-2H3,(H,15,17). The summed E-state index contributed by atoms with van der Waals surface area (Å²) in [4.78, 5) is 19.0. The number of pyridine rings is 1. The zero-order valence-electron chi connectivity index (χ0n) is 9.95. The Labute approximate surface area is 100 Å². The Kier molecular flexibility index (Phi) is 3.23. The average Bonchev–Trinajstić information content (AvgIpc) is 2.67. The van der Waals surface area contributed by atoms with Crippen LogP contribution < -0.4 is 5.32 Å². The number of rotatable bonds is 3. The van der Waals surface area contributed by atoms with Gasteiger partial charge in [-0.2, -0.15) is 0 Å². The fourth-order valence-electron chi connectivity index (χ4n) is 1.74. The van der Waals surface area contributed by atoms with Crippen LogP contribution in [0, 0.1) is 13.8 Å². The first kappa shape index (κ1) is 11.4. The smallest absolute Gasteiger partial charge is 0.253 e. The van der Waals surface area contributed by atoms with E-state index < -0.39 is 0 Å². The third-order valence-corrected chi connectivity index (χ3v) is 2.57. The van der Waals surface area contributed by atoms with E-state index in [9.17, 15) is 4.79 Å². The summed E-state index contributed by atoms with van der Waals surface area (Å²) in [7, 11) is 0. The van der Waals surface area contributed by atoms with E-state index in [2.05, 4.69) is 15.3 Å². The quantitative estimate of drug-likeness (QED) is 0.845. The van der Waals surface area contributed by atoms with Crippen LogP contribution in [0.1, 0.15) is 27.3 Å². The van der Waals surface area contributed by atoms with Crippen LogP contribution in [0.2, 0.25) is 0 Å². The van der Waals surface area contributed by atoms with E-state index in [4.69, 9.17) is 0 Å². The molecule has 2 heterocycles. The van der Waals surface area contributed by atoms with Crippen LogP contribution in [0.4, 0.5) is 0 Å². The van der Waals surface area contributed by atoms with Crippen LogP contribution in [0.15, 0.2) is 30.6 Å². The van der Waals surface area contributed by atoms with Gasteiger partial charge in [-0.05, 0) is 31.5 Å². The zero-order chi connectivity index (χ0) is 12.3. The third kappa shape index (κ3) is 2.72. The van der Waals surface area contributed by atoms with Crippen molar-refractivity contribution in [1.82, 2.24) is 15.3 Å². The van der Waals surface area contributed by atoms with Crippen molar-refractivity contribution in [3.8, 4) is 0 Å². The van der Waals surface area contributed by atoms with Gasteiger partial charge in [-0.15, -0.1) is 0 Å². The van der Waals surface area contributed by atoms with Crippen LogP contribution in [0.25, 0.3) is 0 Å². The molecule has 1 amide bonds. The second kappa shape index (κ2) is 4.82. The van der Waals surface area contributed by atoms with E-state index in [0.717, 1.165) is 17.0 Å². The lowest BCUT2D eigenvalue weighted by atomic mass is 10.2. The summed E-state index contributed by atoms with van der Waals surface area (Å²) in [6.45, 7) is 4.33. The van der Waals surface area contributed by atoms with Gasteiger partial charge in [0.05, 0.1) is 5.56 Å². The minimum Gasteiger partial charge on any atom is -0.362 e. The number of aryl methyl sites for hydroxylation is 2. The molecule has 4 heteroatoms. The van der Waals surface area contributed by atoms with Gasteiger partial charge in [-0.3, -0.25) is 9.78 Å². The summed E-state index contributed by atoms with van der Waals surface area (Å²) < 4.78 is 0. The first-order valence-electron chi connectivity index (χ1n) is 5.50. The van der Waals surface area contributed by atoms with Crippen molar-refractivity contribution >= 4 is 5.91 Å². The minimum absolute atomic E-state index is 0.0595. The lowest BCUT2D eigenvalue weighted by Crippen LogP contribution is -2.23. The first-order chi connectivity index (χ1) is 8.16. The SMILES string of the molecule is Cc1cc(C(=O)NCc2cccnc2)c(C)[nH]1. The van der Waals surface area contributed by atoms with Gasteiger partial charge in [0.25, 0.3) is 5.91 Å². The molecule has 0 fully saturated rings. The highest BCUT2D eigenvalue weighted by Gasteiger charge is 2.10. The second-order valence-corrected chi connectivity index (χ2v) is 4.03. The highest BCUT2D eigenvalue weighted by atomic mass is 16.1. The molecule has 4 nitrogen and oxygen atoms in total. The van der Waals surface area contributed by atoms with Crippen molar-refractivity contribution in [2.45, 2.75) is 20.4 Å². The first-order valence-corrected chi connectivity index (χ1v) is 5.50. The molecule has 0 radical (unpaired) electrons. The number of nitrogens with zero attached hydrogens (tertiary/aromatic N) is 1. The number of hydrogen-bond donors (Lipinski definition) is 2. The molecule has 2 aromatic rings. The highest BCUT2D eigenvalue weighted by Crippen LogP contribution is 2.09. The van der Waals surface area contributed by atoms with Crippen molar-refractivity contribution in [3.05, 3.63) is 53.1 Å². The number of aromatic nitrogens is 2. The van der Waals surface area contributed by atoms with E-state index >= 15 is 0 Å². The Bertz CT molecular complexity index is 517. The summed E-state index contributed by atoms with van der Waals surface area (Å²) in [5, 5.41) is 2.87. The van der Waals surface area contributed by atoms with E-state index in [1.807, 2.05) is 32.0 Å². The van der Waals surface area contributed by atoms with Gasteiger partial charge in [0.1, 0.15) is 0 Å². The molecular formula is C13H15N3O. The van der Waals surface area contributed by atoms with Crippen LogP contribution in [-0.4, -0.2) is 15.9 Å². The summed E-state index contributed by atoms with van der Waals surface area (Å²) in [6.07, 6.45) is 3.46. The molecule has 17 heavy (non-hydrogen) atoms. The van der Waals surface area contributed by atoms with Gasteiger partial charge >= 0.3 is 0 Å². The largest absolute Gasteiger partial charge is 0.362 e. The molecule has 2 rings (SSSR count). The van der Waals surface area contributed by atoms with E-state index in [0.29, 0.717) is 12.1 Å². The molecule has 0 spiro atoms. The Hall–Kier alpha value is -2.10. The Morgan fingerprint density at radius 1 is 1.47 bits per heavy atom. The second-order valence-electron chi connectivity index (χ2n) is 4.03. The summed E-state index contributed by atoms with van der Waals surface area (Å²) in [5.41, 5.74) is 3.58. The maximum Gasteiger partial charge on any atom is 0.253 e. The molecule has 0 bridgehead atoms. The van der Waals surface area contributed by atoms with Crippen molar-refractivity contribution in [2.75, 3.05) is 0 Å². The monoisotopic (exact) mass is 229 g/mol. The number of H-pyrrole nitrogens is 1. The van der Waals surface area contributed by atoms with Crippen LogP contribution in [0.3, 0.4) is 0 Å². The molecule has 0 aliphatic carbocycles. The van der Waals surface area contributed by atoms with Crippen LogP contribution in [-0.2, 0) is 6.54 Å². The summed E-state index contributed by atoms with van der Waals surface area (Å²) >= 11 is 0. The van der Waals surface area contributed by atoms with Gasteiger partial charge in [-0.1, -0.05) is 6.07 Å². The molecule has 2 N–H and O–H groups in total. The Balaban J connectivity index is 2.01.